The second-order valence-electron chi connectivity index (χ2n) is 5.61. The van der Waals surface area contributed by atoms with Crippen LogP contribution in [0.25, 0.3) is 6.08 Å². The molecule has 0 aromatic heterocycles. The first-order valence-corrected chi connectivity index (χ1v) is 8.01. The van der Waals surface area contributed by atoms with E-state index in [2.05, 4.69) is 5.43 Å². The average Bonchev–Trinajstić information content (AvgIpc) is 2.95. The fraction of sp³-hybridized carbons (Fsp3) is 0.105. The first kappa shape index (κ1) is 18.0. The summed E-state index contributed by atoms with van der Waals surface area (Å²) in [5.74, 6) is -1.16. The lowest BCUT2D eigenvalue weighted by Gasteiger charge is -2.14. The summed E-state index contributed by atoms with van der Waals surface area (Å²) in [7, 11) is 1.44. The van der Waals surface area contributed by atoms with Crippen molar-refractivity contribution in [3.8, 4) is 11.5 Å². The number of para-hydroxylation sites is 2. The van der Waals surface area contributed by atoms with Crippen LogP contribution in [0.15, 0.2) is 54.1 Å². The Kier molecular flexibility index (Phi) is 5.07. The topological polar surface area (TPSA) is 111 Å². The highest BCUT2D eigenvalue weighted by molar-refractivity contribution is 6.31. The Morgan fingerprint density at radius 3 is 2.56 bits per heavy atom. The summed E-state index contributed by atoms with van der Waals surface area (Å²) < 4.78 is 10.6. The van der Waals surface area contributed by atoms with Crippen LogP contribution in [0, 0.1) is 0 Å². The van der Waals surface area contributed by atoms with E-state index in [1.807, 2.05) is 0 Å². The van der Waals surface area contributed by atoms with Crippen molar-refractivity contribution >= 4 is 29.5 Å². The van der Waals surface area contributed by atoms with Gasteiger partial charge in [-0.25, -0.2) is 5.01 Å². The van der Waals surface area contributed by atoms with Crippen LogP contribution in [0.3, 0.4) is 0 Å². The summed E-state index contributed by atoms with van der Waals surface area (Å²) in [6.07, 6.45) is 1.39. The molecule has 2 aromatic carbocycles. The molecule has 1 heterocycles. The molecule has 0 spiro atoms. The Balaban J connectivity index is 1.97. The minimum Gasteiger partial charge on any atom is -0.493 e. The van der Waals surface area contributed by atoms with Crippen LogP contribution in [-0.2, 0) is 14.4 Å². The van der Waals surface area contributed by atoms with Gasteiger partial charge in [0.1, 0.15) is 5.57 Å². The van der Waals surface area contributed by atoms with Gasteiger partial charge in [-0.15, -0.1) is 0 Å². The Bertz CT molecular complexity index is 924. The molecule has 27 heavy (non-hydrogen) atoms. The molecule has 0 saturated carbocycles. The Hall–Kier alpha value is -3.81. The standard InChI is InChI=1S/C19H17N3O5/c1-26-15-9-5-6-12(17(15)27-11-16(20)23)10-14-18(24)21-22(19(14)25)13-7-3-2-4-8-13/h2-10H,11H2,1H3,(H2,20,23)(H,21,24)/b14-10-. The first-order chi connectivity index (χ1) is 13.0. The van der Waals surface area contributed by atoms with Crippen LogP contribution < -0.4 is 25.6 Å². The molecule has 3 rings (SSSR count). The number of benzene rings is 2. The van der Waals surface area contributed by atoms with E-state index in [-0.39, 0.29) is 17.9 Å². The molecular weight excluding hydrogens is 350 g/mol. The third kappa shape index (κ3) is 3.74. The number of rotatable bonds is 6. The number of hydrazine groups is 1. The second kappa shape index (κ2) is 7.61. The number of nitrogens with zero attached hydrogens (tertiary/aromatic N) is 1. The van der Waals surface area contributed by atoms with Gasteiger partial charge >= 0.3 is 0 Å². The van der Waals surface area contributed by atoms with Crippen molar-refractivity contribution in [1.29, 1.82) is 0 Å². The fourth-order valence-corrected chi connectivity index (χ4v) is 2.58. The van der Waals surface area contributed by atoms with E-state index < -0.39 is 17.7 Å². The molecule has 0 aliphatic carbocycles. The lowest BCUT2D eigenvalue weighted by Crippen LogP contribution is -2.35. The number of carbonyl (C=O) groups excluding carboxylic acids is 3. The predicted octanol–water partition coefficient (Wildman–Crippen LogP) is 1.02. The molecule has 3 amide bonds. The van der Waals surface area contributed by atoms with Crippen LogP contribution in [0.5, 0.6) is 11.5 Å². The van der Waals surface area contributed by atoms with Gasteiger partial charge in [0.2, 0.25) is 0 Å². The monoisotopic (exact) mass is 367 g/mol. The minimum atomic E-state index is -0.663. The van der Waals surface area contributed by atoms with E-state index in [9.17, 15) is 14.4 Å². The van der Waals surface area contributed by atoms with E-state index >= 15 is 0 Å². The zero-order valence-corrected chi connectivity index (χ0v) is 14.5. The first-order valence-electron chi connectivity index (χ1n) is 8.01. The molecule has 8 nitrogen and oxygen atoms in total. The third-order valence-corrected chi connectivity index (χ3v) is 3.79. The molecule has 138 valence electrons. The number of anilines is 1. The number of amides is 3. The largest absolute Gasteiger partial charge is 0.493 e. The van der Waals surface area contributed by atoms with Gasteiger partial charge in [0.05, 0.1) is 12.8 Å². The highest BCUT2D eigenvalue weighted by Gasteiger charge is 2.34. The molecule has 0 atom stereocenters. The molecule has 0 bridgehead atoms. The van der Waals surface area contributed by atoms with Crippen molar-refractivity contribution in [2.45, 2.75) is 0 Å². The van der Waals surface area contributed by atoms with E-state index in [1.54, 1.807) is 48.5 Å². The van der Waals surface area contributed by atoms with Crippen molar-refractivity contribution in [2.75, 3.05) is 18.7 Å². The van der Waals surface area contributed by atoms with Crippen molar-refractivity contribution < 1.29 is 23.9 Å². The van der Waals surface area contributed by atoms with E-state index in [0.29, 0.717) is 17.0 Å². The van der Waals surface area contributed by atoms with Crippen LogP contribution in [0.1, 0.15) is 5.56 Å². The van der Waals surface area contributed by atoms with Gasteiger partial charge in [-0.1, -0.05) is 30.3 Å². The van der Waals surface area contributed by atoms with E-state index in [1.165, 1.54) is 13.2 Å². The van der Waals surface area contributed by atoms with Crippen molar-refractivity contribution in [3.05, 3.63) is 59.7 Å². The number of nitrogens with one attached hydrogen (secondary N) is 1. The summed E-state index contributed by atoms with van der Waals surface area (Å²) in [6, 6.07) is 13.7. The maximum Gasteiger partial charge on any atom is 0.282 e. The smallest absolute Gasteiger partial charge is 0.282 e. The maximum absolute atomic E-state index is 12.7. The molecule has 1 fully saturated rings. The number of hydrogen-bond donors (Lipinski definition) is 2. The summed E-state index contributed by atoms with van der Waals surface area (Å²) in [5, 5.41) is 1.16. The molecule has 0 unspecified atom stereocenters. The van der Waals surface area contributed by atoms with Gasteiger partial charge in [0.15, 0.2) is 18.1 Å². The van der Waals surface area contributed by atoms with Crippen molar-refractivity contribution in [2.24, 2.45) is 5.73 Å². The Morgan fingerprint density at radius 2 is 1.89 bits per heavy atom. The molecular formula is C19H17N3O5. The van der Waals surface area contributed by atoms with Gasteiger partial charge in [0.25, 0.3) is 17.7 Å². The lowest BCUT2D eigenvalue weighted by molar-refractivity contribution is -0.120. The van der Waals surface area contributed by atoms with E-state index in [4.69, 9.17) is 15.2 Å². The quantitative estimate of drug-likeness (QED) is 0.585. The van der Waals surface area contributed by atoms with E-state index in [0.717, 1.165) is 5.01 Å². The molecule has 1 saturated heterocycles. The number of nitrogens with two attached hydrogens (primary N) is 1. The summed E-state index contributed by atoms with van der Waals surface area (Å²) in [6.45, 7) is -0.368. The Labute approximate surface area is 155 Å². The van der Waals surface area contributed by atoms with Gasteiger partial charge in [-0.3, -0.25) is 19.8 Å². The van der Waals surface area contributed by atoms with Gasteiger partial charge < -0.3 is 15.2 Å². The van der Waals surface area contributed by atoms with Crippen LogP contribution in [0.4, 0.5) is 5.69 Å². The molecule has 2 aromatic rings. The number of primary amides is 1. The highest BCUT2D eigenvalue weighted by atomic mass is 16.5. The predicted molar refractivity (Wildman–Crippen MR) is 97.7 cm³/mol. The molecule has 0 radical (unpaired) electrons. The average molecular weight is 367 g/mol. The molecule has 3 N–H and O–H groups in total. The van der Waals surface area contributed by atoms with Gasteiger partial charge in [0, 0.05) is 5.56 Å². The summed E-state index contributed by atoms with van der Waals surface area (Å²) >= 11 is 0. The number of ether oxygens (including phenoxy) is 2. The minimum absolute atomic E-state index is 0.0731. The number of carbonyl (C=O) groups is 3. The number of hydrogen-bond acceptors (Lipinski definition) is 5. The Morgan fingerprint density at radius 1 is 1.15 bits per heavy atom. The zero-order chi connectivity index (χ0) is 19.4. The van der Waals surface area contributed by atoms with Crippen LogP contribution in [0.2, 0.25) is 0 Å². The molecule has 1 aliphatic heterocycles. The van der Waals surface area contributed by atoms with Crippen molar-refractivity contribution in [1.82, 2.24) is 5.43 Å². The van der Waals surface area contributed by atoms with Crippen molar-refractivity contribution in [3.63, 3.8) is 0 Å². The maximum atomic E-state index is 12.7. The highest BCUT2D eigenvalue weighted by Crippen LogP contribution is 2.33. The fourth-order valence-electron chi connectivity index (χ4n) is 2.58. The van der Waals surface area contributed by atoms with Gasteiger partial charge in [-0.05, 0) is 24.3 Å². The summed E-state index contributed by atoms with van der Waals surface area (Å²) in [5.41, 5.74) is 8.52. The third-order valence-electron chi connectivity index (χ3n) is 3.79. The van der Waals surface area contributed by atoms with Crippen LogP contribution in [-0.4, -0.2) is 31.4 Å². The molecule has 8 heteroatoms. The SMILES string of the molecule is COc1cccc(/C=C2/C(=O)NN(c3ccccc3)C2=O)c1OCC(N)=O. The summed E-state index contributed by atoms with van der Waals surface area (Å²) in [4.78, 5) is 36.0. The zero-order valence-electron chi connectivity index (χ0n) is 14.5. The normalized spacial score (nSPS) is 15.0. The lowest BCUT2D eigenvalue weighted by atomic mass is 10.1. The molecule has 1 aliphatic rings. The second-order valence-corrected chi connectivity index (χ2v) is 5.61. The van der Waals surface area contributed by atoms with Gasteiger partial charge in [-0.2, -0.15) is 0 Å². The number of methoxy groups -OCH3 is 1. The van der Waals surface area contributed by atoms with Crippen LogP contribution >= 0.6 is 0 Å².